The molecule has 2 amide bonds. The third-order valence-corrected chi connectivity index (χ3v) is 7.01. The van der Waals surface area contributed by atoms with Crippen molar-refractivity contribution in [3.8, 4) is 0 Å². The Hall–Kier alpha value is -2.97. The molecule has 0 spiro atoms. The highest BCUT2D eigenvalue weighted by Crippen LogP contribution is 2.21. The third-order valence-electron chi connectivity index (χ3n) is 7.01. The number of aliphatic hydroxyl groups is 1. The van der Waals surface area contributed by atoms with Gasteiger partial charge >= 0.3 is 0 Å². The summed E-state index contributed by atoms with van der Waals surface area (Å²) in [5, 5.41) is 12.8. The number of carbonyl (C=O) groups is 3. The summed E-state index contributed by atoms with van der Waals surface area (Å²) in [5.41, 5.74) is 3.37. The van der Waals surface area contributed by atoms with Gasteiger partial charge in [0.05, 0.1) is 18.6 Å². The molecular weight excluding hydrogens is 432 g/mol. The summed E-state index contributed by atoms with van der Waals surface area (Å²) in [6, 6.07) is 7.62. The molecular formula is C26H34N4O4. The minimum atomic E-state index is -0.470. The maximum absolute atomic E-state index is 12.9. The van der Waals surface area contributed by atoms with Gasteiger partial charge in [0.15, 0.2) is 5.78 Å². The number of carbonyl (C=O) groups excluding carboxylic acids is 3. The van der Waals surface area contributed by atoms with Crippen molar-refractivity contribution in [3.05, 3.63) is 53.3 Å². The summed E-state index contributed by atoms with van der Waals surface area (Å²) in [6.45, 7) is 7.92. The van der Waals surface area contributed by atoms with Crippen LogP contribution in [0.4, 0.5) is 5.69 Å². The van der Waals surface area contributed by atoms with Crippen molar-refractivity contribution in [1.82, 2.24) is 15.1 Å². The lowest BCUT2D eigenvalue weighted by atomic mass is 10.0. The highest BCUT2D eigenvalue weighted by molar-refractivity contribution is 5.94. The van der Waals surface area contributed by atoms with Gasteiger partial charge in [-0.3, -0.25) is 19.3 Å². The lowest BCUT2D eigenvalue weighted by Crippen LogP contribution is -2.51. The summed E-state index contributed by atoms with van der Waals surface area (Å²) in [4.78, 5) is 43.2. The molecule has 8 nitrogen and oxygen atoms in total. The molecule has 2 aliphatic heterocycles. The number of benzene rings is 1. The number of allylic oxidation sites excluding steroid dienone is 1. The Bertz CT molecular complexity index is 993. The molecule has 34 heavy (non-hydrogen) atoms. The summed E-state index contributed by atoms with van der Waals surface area (Å²) in [7, 11) is 0. The Labute approximate surface area is 200 Å². The van der Waals surface area contributed by atoms with Crippen LogP contribution in [0.2, 0.25) is 0 Å². The van der Waals surface area contributed by atoms with Crippen LogP contribution in [0.25, 0.3) is 0 Å². The molecule has 182 valence electrons. The number of ketones is 1. The highest BCUT2D eigenvalue weighted by Gasteiger charge is 2.31. The van der Waals surface area contributed by atoms with Gasteiger partial charge in [-0.2, -0.15) is 0 Å². The zero-order valence-electron chi connectivity index (χ0n) is 20.0. The van der Waals surface area contributed by atoms with Gasteiger partial charge in [-0.25, -0.2) is 0 Å². The van der Waals surface area contributed by atoms with Crippen molar-refractivity contribution in [2.45, 2.75) is 32.8 Å². The molecule has 2 saturated heterocycles. The fraction of sp³-hybridized carbons (Fsp3) is 0.500. The molecule has 2 N–H and O–H groups in total. The van der Waals surface area contributed by atoms with Crippen molar-refractivity contribution in [1.29, 1.82) is 0 Å². The van der Waals surface area contributed by atoms with Crippen LogP contribution < -0.4 is 10.2 Å². The van der Waals surface area contributed by atoms with Gasteiger partial charge in [-0.05, 0) is 69.1 Å². The van der Waals surface area contributed by atoms with Gasteiger partial charge in [-0.1, -0.05) is 6.08 Å². The Morgan fingerprint density at radius 3 is 2.41 bits per heavy atom. The number of nitrogens with zero attached hydrogens (tertiary/aromatic N) is 3. The zero-order chi connectivity index (χ0) is 24.2. The van der Waals surface area contributed by atoms with Crippen LogP contribution in [-0.2, 0) is 9.59 Å². The van der Waals surface area contributed by atoms with Gasteiger partial charge in [0.1, 0.15) is 0 Å². The lowest BCUT2D eigenvalue weighted by Gasteiger charge is -2.36. The first-order chi connectivity index (χ1) is 16.3. The van der Waals surface area contributed by atoms with Crippen LogP contribution in [0.1, 0.15) is 37.0 Å². The first-order valence-electron chi connectivity index (χ1n) is 12.0. The molecule has 2 unspecified atom stereocenters. The van der Waals surface area contributed by atoms with Crippen LogP contribution in [0.3, 0.4) is 0 Å². The molecule has 1 aromatic carbocycles. The van der Waals surface area contributed by atoms with Crippen LogP contribution >= 0.6 is 0 Å². The number of Topliss-reactive ketones (excluding diaryl/α,β-unsaturated/α-hetero) is 1. The normalized spacial score (nSPS) is 23.4. The number of piperazine rings is 1. The Balaban J connectivity index is 1.21. The molecule has 2 fully saturated rings. The standard InChI is InChI=1S/C26H34N4O4/c1-18-15-22(5-8-24(18)32)27-26(34)21-9-10-28(16-21)17-25(33)30-13-11-29(12-14-30)23-6-3-20(4-7-23)19(2)31/h3-7,15,21,24,32H,8-14,16-17H2,1-2H3,(H,27,34). The Kier molecular flexibility index (Phi) is 7.48. The van der Waals surface area contributed by atoms with Gasteiger partial charge < -0.3 is 20.2 Å². The van der Waals surface area contributed by atoms with E-state index in [-0.39, 0.29) is 23.5 Å². The topological polar surface area (TPSA) is 93.2 Å². The molecule has 8 heteroatoms. The van der Waals surface area contributed by atoms with E-state index < -0.39 is 6.10 Å². The third kappa shape index (κ3) is 5.74. The summed E-state index contributed by atoms with van der Waals surface area (Å²) >= 11 is 0. The zero-order valence-corrected chi connectivity index (χ0v) is 20.0. The summed E-state index contributed by atoms with van der Waals surface area (Å²) in [6.07, 6.45) is 4.45. The summed E-state index contributed by atoms with van der Waals surface area (Å²) in [5.74, 6) is 0.00624. The number of rotatable bonds is 6. The van der Waals surface area contributed by atoms with E-state index in [1.165, 1.54) is 0 Å². The number of nitrogens with one attached hydrogen (secondary N) is 1. The smallest absolute Gasteiger partial charge is 0.236 e. The van der Waals surface area contributed by atoms with Crippen molar-refractivity contribution < 1.29 is 19.5 Å². The van der Waals surface area contributed by atoms with Crippen LogP contribution in [0.5, 0.6) is 0 Å². The monoisotopic (exact) mass is 466 g/mol. The van der Waals surface area contributed by atoms with Gasteiger partial charge in [0, 0.05) is 49.7 Å². The second kappa shape index (κ2) is 10.5. The van der Waals surface area contributed by atoms with Crippen LogP contribution in [0.15, 0.2) is 47.7 Å². The van der Waals surface area contributed by atoms with Crippen molar-refractivity contribution >= 4 is 23.3 Å². The second-order valence-electron chi connectivity index (χ2n) is 9.48. The highest BCUT2D eigenvalue weighted by atomic mass is 16.3. The molecule has 1 aliphatic carbocycles. The quantitative estimate of drug-likeness (QED) is 0.619. The second-order valence-corrected chi connectivity index (χ2v) is 9.48. The van der Waals surface area contributed by atoms with E-state index in [2.05, 4.69) is 15.1 Å². The maximum Gasteiger partial charge on any atom is 0.236 e. The first-order valence-corrected chi connectivity index (χ1v) is 12.0. The molecule has 2 heterocycles. The maximum atomic E-state index is 12.9. The molecule has 0 aromatic heterocycles. The van der Waals surface area contributed by atoms with E-state index in [0.717, 1.165) is 43.0 Å². The molecule has 3 aliphatic rings. The first kappa shape index (κ1) is 24.2. The number of hydrogen-bond donors (Lipinski definition) is 2. The lowest BCUT2D eigenvalue weighted by molar-refractivity contribution is -0.133. The minimum absolute atomic E-state index is 0.0222. The Morgan fingerprint density at radius 2 is 1.76 bits per heavy atom. The van der Waals surface area contributed by atoms with Crippen molar-refractivity contribution in [2.75, 3.05) is 50.7 Å². The molecule has 4 rings (SSSR count). The fourth-order valence-corrected chi connectivity index (χ4v) is 4.76. The Morgan fingerprint density at radius 1 is 1.06 bits per heavy atom. The SMILES string of the molecule is CC(=O)c1ccc(N2CCN(C(=O)CN3CCC(C(=O)NC4=CCC(O)C(C)=C4)C3)CC2)cc1. The van der Waals surface area contributed by atoms with Crippen molar-refractivity contribution in [3.63, 3.8) is 0 Å². The number of hydrogen-bond acceptors (Lipinski definition) is 6. The van der Waals surface area contributed by atoms with E-state index in [1.54, 1.807) is 6.92 Å². The molecule has 1 aromatic rings. The average molecular weight is 467 g/mol. The average Bonchev–Trinajstić information content (AvgIpc) is 3.30. The number of amides is 2. The van der Waals surface area contributed by atoms with E-state index in [1.807, 2.05) is 48.2 Å². The molecule has 2 atom stereocenters. The molecule has 0 bridgehead atoms. The van der Waals surface area contributed by atoms with Crippen LogP contribution in [0, 0.1) is 5.92 Å². The largest absolute Gasteiger partial charge is 0.388 e. The van der Waals surface area contributed by atoms with Gasteiger partial charge in [0.25, 0.3) is 0 Å². The fourth-order valence-electron chi connectivity index (χ4n) is 4.76. The van der Waals surface area contributed by atoms with Crippen LogP contribution in [-0.4, -0.2) is 84.4 Å². The summed E-state index contributed by atoms with van der Waals surface area (Å²) < 4.78 is 0. The predicted octanol–water partition coefficient (Wildman–Crippen LogP) is 1.57. The predicted molar refractivity (Wildman–Crippen MR) is 130 cm³/mol. The number of aliphatic hydroxyl groups excluding tert-OH is 1. The molecule has 0 saturated carbocycles. The number of anilines is 1. The number of likely N-dealkylation sites (tertiary alicyclic amines) is 1. The van der Waals surface area contributed by atoms with E-state index in [0.29, 0.717) is 38.2 Å². The van der Waals surface area contributed by atoms with E-state index >= 15 is 0 Å². The van der Waals surface area contributed by atoms with E-state index in [9.17, 15) is 19.5 Å². The van der Waals surface area contributed by atoms with E-state index in [4.69, 9.17) is 0 Å². The minimum Gasteiger partial charge on any atom is -0.388 e. The van der Waals surface area contributed by atoms with Gasteiger partial charge in [0.2, 0.25) is 11.8 Å². The van der Waals surface area contributed by atoms with Gasteiger partial charge in [-0.15, -0.1) is 0 Å². The molecule has 0 radical (unpaired) electrons. The van der Waals surface area contributed by atoms with Crippen molar-refractivity contribution in [2.24, 2.45) is 5.92 Å².